The van der Waals surface area contributed by atoms with Crippen molar-refractivity contribution in [3.05, 3.63) is 22.5 Å². The van der Waals surface area contributed by atoms with Crippen molar-refractivity contribution in [2.24, 2.45) is 0 Å². The molecule has 0 unspecified atom stereocenters. The van der Waals surface area contributed by atoms with E-state index in [9.17, 15) is 14.4 Å². The molecule has 7 heteroatoms. The number of carbonyl (C=O) groups is 3. The molecule has 1 heterocycles. The molecule has 7 nitrogen and oxygen atoms in total. The highest BCUT2D eigenvalue weighted by atomic mass is 16.5. The SMILES string of the molecule is CCOC(=O)c1c(C)[nH]c(C(=O)N(C)CC(=O)NC(C)(C)C)c1C. The zero-order chi connectivity index (χ0) is 18.7. The lowest BCUT2D eigenvalue weighted by molar-refractivity contribution is -0.122. The van der Waals surface area contributed by atoms with Gasteiger partial charge < -0.3 is 19.9 Å². The highest BCUT2D eigenvalue weighted by molar-refractivity contribution is 6.01. The summed E-state index contributed by atoms with van der Waals surface area (Å²) < 4.78 is 5.01. The number of nitrogens with zero attached hydrogens (tertiary/aromatic N) is 1. The van der Waals surface area contributed by atoms with Crippen molar-refractivity contribution in [2.45, 2.75) is 47.1 Å². The van der Waals surface area contributed by atoms with Crippen LogP contribution in [0.5, 0.6) is 0 Å². The number of rotatable bonds is 5. The molecule has 1 aromatic rings. The molecule has 0 atom stereocenters. The van der Waals surface area contributed by atoms with Crippen molar-refractivity contribution in [3.63, 3.8) is 0 Å². The largest absolute Gasteiger partial charge is 0.462 e. The van der Waals surface area contributed by atoms with Gasteiger partial charge in [-0.1, -0.05) is 0 Å². The van der Waals surface area contributed by atoms with E-state index < -0.39 is 5.97 Å². The van der Waals surface area contributed by atoms with Crippen LogP contribution in [0.15, 0.2) is 0 Å². The summed E-state index contributed by atoms with van der Waals surface area (Å²) in [4.78, 5) is 40.8. The van der Waals surface area contributed by atoms with Crippen molar-refractivity contribution in [1.82, 2.24) is 15.2 Å². The first-order valence-electron chi connectivity index (χ1n) is 7.90. The van der Waals surface area contributed by atoms with E-state index in [0.717, 1.165) is 0 Å². The Morgan fingerprint density at radius 2 is 1.79 bits per heavy atom. The summed E-state index contributed by atoms with van der Waals surface area (Å²) >= 11 is 0. The van der Waals surface area contributed by atoms with Gasteiger partial charge in [0.25, 0.3) is 5.91 Å². The number of aromatic nitrogens is 1. The zero-order valence-corrected chi connectivity index (χ0v) is 15.5. The summed E-state index contributed by atoms with van der Waals surface area (Å²) in [6.07, 6.45) is 0. The molecule has 0 fully saturated rings. The summed E-state index contributed by atoms with van der Waals surface area (Å²) in [6.45, 7) is 10.9. The second kappa shape index (κ2) is 7.51. The highest BCUT2D eigenvalue weighted by Gasteiger charge is 2.26. The van der Waals surface area contributed by atoms with Gasteiger partial charge in [-0.25, -0.2) is 4.79 Å². The summed E-state index contributed by atoms with van der Waals surface area (Å²) in [6, 6.07) is 0. The Morgan fingerprint density at radius 3 is 2.29 bits per heavy atom. The topological polar surface area (TPSA) is 91.5 Å². The number of hydrogen-bond acceptors (Lipinski definition) is 4. The summed E-state index contributed by atoms with van der Waals surface area (Å²) in [5, 5.41) is 2.81. The number of H-pyrrole nitrogens is 1. The molecule has 1 aromatic heterocycles. The van der Waals surface area contributed by atoms with Crippen LogP contribution in [0.3, 0.4) is 0 Å². The average Bonchev–Trinajstić information content (AvgIpc) is 2.71. The predicted molar refractivity (Wildman–Crippen MR) is 91.1 cm³/mol. The second-order valence-corrected chi connectivity index (χ2v) is 6.80. The van der Waals surface area contributed by atoms with Crippen LogP contribution in [-0.2, 0) is 9.53 Å². The van der Waals surface area contributed by atoms with Crippen molar-refractivity contribution in [1.29, 1.82) is 0 Å². The smallest absolute Gasteiger partial charge is 0.340 e. The number of esters is 1. The summed E-state index contributed by atoms with van der Waals surface area (Å²) in [5.41, 5.74) is 1.40. The number of nitrogens with one attached hydrogen (secondary N) is 2. The van der Waals surface area contributed by atoms with Gasteiger partial charge in [0.2, 0.25) is 5.91 Å². The van der Waals surface area contributed by atoms with Crippen LogP contribution in [0.4, 0.5) is 0 Å². The first-order valence-corrected chi connectivity index (χ1v) is 7.90. The lowest BCUT2D eigenvalue weighted by Gasteiger charge is -2.23. The van der Waals surface area contributed by atoms with E-state index in [1.165, 1.54) is 4.90 Å². The van der Waals surface area contributed by atoms with E-state index >= 15 is 0 Å². The van der Waals surface area contributed by atoms with Gasteiger partial charge in [-0.15, -0.1) is 0 Å². The normalized spacial score (nSPS) is 11.1. The van der Waals surface area contributed by atoms with Gasteiger partial charge in [-0.2, -0.15) is 0 Å². The van der Waals surface area contributed by atoms with Crippen LogP contribution in [0, 0.1) is 13.8 Å². The third kappa shape index (κ3) is 4.84. The molecule has 134 valence electrons. The Kier molecular flexibility index (Phi) is 6.17. The lowest BCUT2D eigenvalue weighted by atomic mass is 10.1. The fourth-order valence-electron chi connectivity index (χ4n) is 2.41. The quantitative estimate of drug-likeness (QED) is 0.802. The van der Waals surface area contributed by atoms with Crippen LogP contribution >= 0.6 is 0 Å². The number of hydrogen-bond donors (Lipinski definition) is 2. The van der Waals surface area contributed by atoms with Gasteiger partial charge in [-0.3, -0.25) is 9.59 Å². The van der Waals surface area contributed by atoms with Crippen LogP contribution in [0.25, 0.3) is 0 Å². The maximum atomic E-state index is 12.6. The molecule has 0 aliphatic heterocycles. The Morgan fingerprint density at radius 1 is 1.21 bits per heavy atom. The third-order valence-corrected chi connectivity index (χ3v) is 3.37. The monoisotopic (exact) mass is 337 g/mol. The van der Waals surface area contributed by atoms with Crippen molar-refractivity contribution >= 4 is 17.8 Å². The molecule has 0 aliphatic carbocycles. The molecule has 0 aliphatic rings. The number of carbonyl (C=O) groups excluding carboxylic acids is 3. The molecule has 1 rings (SSSR count). The molecule has 0 spiro atoms. The van der Waals surface area contributed by atoms with Gasteiger partial charge in [0.05, 0.1) is 18.7 Å². The first-order chi connectivity index (χ1) is 11.0. The molecule has 0 saturated carbocycles. The standard InChI is InChI=1S/C17H27N3O4/c1-8-24-16(23)13-10(2)14(18-11(13)3)15(22)20(7)9-12(21)19-17(4,5)6/h18H,8-9H2,1-7H3,(H,19,21). The fourth-order valence-corrected chi connectivity index (χ4v) is 2.41. The summed E-state index contributed by atoms with van der Waals surface area (Å²) in [5.74, 6) is -1.06. The van der Waals surface area contributed by atoms with Crippen molar-refractivity contribution in [3.8, 4) is 0 Å². The maximum absolute atomic E-state index is 12.6. The Labute approximate surface area is 142 Å². The second-order valence-electron chi connectivity index (χ2n) is 6.80. The fraction of sp³-hybridized carbons (Fsp3) is 0.588. The van der Waals surface area contributed by atoms with Gasteiger partial charge in [-0.05, 0) is 47.1 Å². The van der Waals surface area contributed by atoms with Crippen LogP contribution in [-0.4, -0.2) is 53.4 Å². The number of ether oxygens (including phenoxy) is 1. The molecule has 24 heavy (non-hydrogen) atoms. The van der Waals surface area contributed by atoms with E-state index in [4.69, 9.17) is 4.74 Å². The lowest BCUT2D eigenvalue weighted by Crippen LogP contribution is -2.46. The minimum Gasteiger partial charge on any atom is -0.462 e. The van der Waals surface area contributed by atoms with Gasteiger partial charge in [0, 0.05) is 18.3 Å². The molecule has 0 aromatic carbocycles. The Balaban J connectivity index is 2.94. The maximum Gasteiger partial charge on any atom is 0.340 e. The van der Waals surface area contributed by atoms with Gasteiger partial charge in [0.15, 0.2) is 0 Å². The molecule has 2 amide bonds. The third-order valence-electron chi connectivity index (χ3n) is 3.37. The molecule has 0 radical (unpaired) electrons. The minimum atomic E-state index is -0.462. The van der Waals surface area contributed by atoms with E-state index in [1.54, 1.807) is 27.8 Å². The average molecular weight is 337 g/mol. The molecule has 0 bridgehead atoms. The van der Waals surface area contributed by atoms with Crippen molar-refractivity contribution < 1.29 is 19.1 Å². The van der Waals surface area contributed by atoms with Crippen molar-refractivity contribution in [2.75, 3.05) is 20.2 Å². The van der Waals surface area contributed by atoms with Crippen LogP contribution in [0.1, 0.15) is 59.8 Å². The van der Waals surface area contributed by atoms with E-state index in [0.29, 0.717) is 22.5 Å². The highest BCUT2D eigenvalue weighted by Crippen LogP contribution is 2.20. The number of aromatic amines is 1. The minimum absolute atomic E-state index is 0.0671. The number of amides is 2. The number of likely N-dealkylation sites (N-methyl/N-ethyl adjacent to an activating group) is 1. The van der Waals surface area contributed by atoms with E-state index in [1.807, 2.05) is 20.8 Å². The summed E-state index contributed by atoms with van der Waals surface area (Å²) in [7, 11) is 1.55. The first kappa shape index (κ1) is 19.7. The zero-order valence-electron chi connectivity index (χ0n) is 15.5. The van der Waals surface area contributed by atoms with E-state index in [2.05, 4.69) is 10.3 Å². The van der Waals surface area contributed by atoms with Crippen LogP contribution in [0.2, 0.25) is 0 Å². The molecule has 0 saturated heterocycles. The predicted octanol–water partition coefficient (Wildman–Crippen LogP) is 1.79. The Hall–Kier alpha value is -2.31. The molecular formula is C17H27N3O4. The van der Waals surface area contributed by atoms with E-state index in [-0.39, 0.29) is 30.5 Å². The van der Waals surface area contributed by atoms with Gasteiger partial charge >= 0.3 is 5.97 Å². The van der Waals surface area contributed by atoms with Crippen LogP contribution < -0.4 is 5.32 Å². The Bertz CT molecular complexity index is 641. The number of aryl methyl sites for hydroxylation is 1. The molecule has 2 N–H and O–H groups in total. The molecular weight excluding hydrogens is 310 g/mol. The van der Waals surface area contributed by atoms with Gasteiger partial charge in [0.1, 0.15) is 5.69 Å².